The maximum absolute atomic E-state index is 12.3. The molecule has 170 valence electrons. The van der Waals surface area contributed by atoms with Crippen molar-refractivity contribution in [2.24, 2.45) is 0 Å². The molecule has 0 aromatic heterocycles. The molecule has 0 spiro atoms. The molecule has 7 nitrogen and oxygen atoms in total. The highest BCUT2D eigenvalue weighted by molar-refractivity contribution is 7.86. The Bertz CT molecular complexity index is 759. The molecule has 0 fully saturated rings. The number of esters is 2. The average molecular weight is 443 g/mol. The second-order valence-corrected chi connectivity index (χ2v) is 9.05. The third kappa shape index (κ3) is 10.2. The van der Waals surface area contributed by atoms with Crippen LogP contribution in [0.25, 0.3) is 0 Å². The molecule has 0 radical (unpaired) electrons. The number of hydrogen-bond acceptors (Lipinski definition) is 6. The molecule has 0 aliphatic heterocycles. The number of carbonyl (C=O) groups excluding carboxylic acids is 2. The zero-order chi connectivity index (χ0) is 22.4. The SMILES string of the molecule is CCCCCCCCCCCCOC(=O)c1ccccc1C(=O)OC(C)S(=O)(=O)O. The van der Waals surface area contributed by atoms with Crippen LogP contribution in [-0.4, -0.2) is 37.0 Å². The molecule has 1 N–H and O–H groups in total. The van der Waals surface area contributed by atoms with E-state index in [4.69, 9.17) is 14.0 Å². The minimum Gasteiger partial charge on any atom is -0.462 e. The van der Waals surface area contributed by atoms with Crippen LogP contribution >= 0.6 is 0 Å². The van der Waals surface area contributed by atoms with Gasteiger partial charge in [0.1, 0.15) is 0 Å². The average Bonchev–Trinajstić information content (AvgIpc) is 2.71. The van der Waals surface area contributed by atoms with Gasteiger partial charge >= 0.3 is 22.1 Å². The van der Waals surface area contributed by atoms with Crippen molar-refractivity contribution in [3.8, 4) is 0 Å². The smallest absolute Gasteiger partial charge is 0.340 e. The quantitative estimate of drug-likeness (QED) is 0.227. The van der Waals surface area contributed by atoms with E-state index < -0.39 is 27.5 Å². The second-order valence-electron chi connectivity index (χ2n) is 7.35. The fourth-order valence-electron chi connectivity index (χ4n) is 2.95. The molecule has 0 aliphatic carbocycles. The molecule has 0 amide bonds. The molecule has 1 atom stereocenters. The van der Waals surface area contributed by atoms with Crippen molar-refractivity contribution in [1.29, 1.82) is 0 Å². The Morgan fingerprint density at radius 2 is 1.33 bits per heavy atom. The molecular weight excluding hydrogens is 408 g/mol. The predicted octanol–water partition coefficient (Wildman–Crippen LogP) is 5.15. The fourth-order valence-corrected chi connectivity index (χ4v) is 3.16. The number of unbranched alkanes of at least 4 members (excludes halogenated alkanes) is 9. The maximum atomic E-state index is 12.3. The highest BCUT2D eigenvalue weighted by Gasteiger charge is 2.25. The first-order valence-electron chi connectivity index (χ1n) is 10.7. The lowest BCUT2D eigenvalue weighted by atomic mass is 10.1. The molecule has 8 heteroatoms. The Hall–Kier alpha value is -1.93. The first kappa shape index (κ1) is 26.1. The van der Waals surface area contributed by atoms with E-state index in [9.17, 15) is 18.0 Å². The van der Waals surface area contributed by atoms with Gasteiger partial charge in [0.25, 0.3) is 0 Å². The summed E-state index contributed by atoms with van der Waals surface area (Å²) in [5.41, 5.74) is -1.85. The topological polar surface area (TPSA) is 107 Å². The second kappa shape index (κ2) is 14.1. The zero-order valence-corrected chi connectivity index (χ0v) is 18.8. The van der Waals surface area contributed by atoms with Crippen LogP contribution < -0.4 is 0 Å². The van der Waals surface area contributed by atoms with Crippen LogP contribution in [0, 0.1) is 0 Å². The summed E-state index contributed by atoms with van der Waals surface area (Å²) in [6.07, 6.45) is 11.7. The Morgan fingerprint density at radius 1 is 0.867 bits per heavy atom. The predicted molar refractivity (Wildman–Crippen MR) is 115 cm³/mol. The standard InChI is InChI=1S/C22H34O7S/c1-3-4-5-6-7-8-9-10-11-14-17-28-21(23)19-15-12-13-16-20(19)22(24)29-18(2)30(25,26)27/h12-13,15-16,18H,3-11,14,17H2,1-2H3,(H,25,26,27). The van der Waals surface area contributed by atoms with Crippen molar-refractivity contribution < 1.29 is 32.0 Å². The molecule has 1 rings (SSSR count). The van der Waals surface area contributed by atoms with E-state index in [1.165, 1.54) is 63.1 Å². The molecule has 30 heavy (non-hydrogen) atoms. The van der Waals surface area contributed by atoms with Gasteiger partial charge in [0.15, 0.2) is 0 Å². The van der Waals surface area contributed by atoms with Gasteiger partial charge in [-0.2, -0.15) is 8.42 Å². The monoisotopic (exact) mass is 442 g/mol. The normalized spacial score (nSPS) is 12.4. The Morgan fingerprint density at radius 3 is 1.83 bits per heavy atom. The highest BCUT2D eigenvalue weighted by Crippen LogP contribution is 2.15. The van der Waals surface area contributed by atoms with E-state index in [-0.39, 0.29) is 17.7 Å². The van der Waals surface area contributed by atoms with Gasteiger partial charge in [0, 0.05) is 0 Å². The molecular formula is C22H34O7S. The molecule has 1 aromatic carbocycles. The van der Waals surface area contributed by atoms with Crippen LogP contribution in [-0.2, 0) is 19.6 Å². The number of hydrogen-bond donors (Lipinski definition) is 1. The van der Waals surface area contributed by atoms with E-state index in [0.717, 1.165) is 26.2 Å². The number of benzene rings is 1. The minimum absolute atomic E-state index is 0.00267. The highest BCUT2D eigenvalue weighted by atomic mass is 32.2. The van der Waals surface area contributed by atoms with Crippen molar-refractivity contribution in [2.75, 3.05) is 6.61 Å². The summed E-state index contributed by atoms with van der Waals surface area (Å²) >= 11 is 0. The van der Waals surface area contributed by atoms with Crippen LogP contribution in [0.4, 0.5) is 0 Å². The molecule has 0 saturated heterocycles. The lowest BCUT2D eigenvalue weighted by Gasteiger charge is -2.12. The van der Waals surface area contributed by atoms with Gasteiger partial charge in [-0.05, 0) is 25.5 Å². The van der Waals surface area contributed by atoms with Gasteiger partial charge < -0.3 is 9.47 Å². The summed E-state index contributed by atoms with van der Waals surface area (Å²) in [7, 11) is -4.53. The molecule has 0 saturated carbocycles. The Labute approximate surface area is 179 Å². The van der Waals surface area contributed by atoms with Gasteiger partial charge in [-0.3, -0.25) is 4.55 Å². The van der Waals surface area contributed by atoms with E-state index >= 15 is 0 Å². The van der Waals surface area contributed by atoms with Crippen LogP contribution in [0.5, 0.6) is 0 Å². The van der Waals surface area contributed by atoms with Crippen molar-refractivity contribution in [2.45, 2.75) is 83.5 Å². The summed E-state index contributed by atoms with van der Waals surface area (Å²) in [6, 6.07) is 5.85. The molecule has 0 bridgehead atoms. The van der Waals surface area contributed by atoms with Gasteiger partial charge in [-0.1, -0.05) is 76.8 Å². The Balaban J connectivity index is 2.37. The van der Waals surface area contributed by atoms with Crippen LogP contribution in [0.3, 0.4) is 0 Å². The third-order valence-corrected chi connectivity index (χ3v) is 5.73. The van der Waals surface area contributed by atoms with E-state index in [2.05, 4.69) is 6.92 Å². The number of carbonyl (C=O) groups is 2. The first-order chi connectivity index (χ1) is 14.3. The van der Waals surface area contributed by atoms with Crippen LogP contribution in [0.1, 0.15) is 98.8 Å². The van der Waals surface area contributed by atoms with E-state index in [1.54, 1.807) is 6.07 Å². The third-order valence-electron chi connectivity index (χ3n) is 4.79. The largest absolute Gasteiger partial charge is 0.462 e. The van der Waals surface area contributed by atoms with Crippen molar-refractivity contribution in [3.63, 3.8) is 0 Å². The number of ether oxygens (including phenoxy) is 2. The summed E-state index contributed by atoms with van der Waals surface area (Å²) in [5, 5.41) is 0. The maximum Gasteiger partial charge on any atom is 0.340 e. The van der Waals surface area contributed by atoms with Gasteiger partial charge in [0.2, 0.25) is 5.44 Å². The molecule has 1 unspecified atom stereocenters. The number of rotatable bonds is 15. The van der Waals surface area contributed by atoms with Crippen LogP contribution in [0.2, 0.25) is 0 Å². The summed E-state index contributed by atoms with van der Waals surface area (Å²) in [6.45, 7) is 3.49. The van der Waals surface area contributed by atoms with Crippen LogP contribution in [0.15, 0.2) is 24.3 Å². The van der Waals surface area contributed by atoms with Crippen molar-refractivity contribution >= 4 is 22.1 Å². The van der Waals surface area contributed by atoms with Gasteiger partial charge in [0.05, 0.1) is 17.7 Å². The zero-order valence-electron chi connectivity index (χ0n) is 18.0. The molecule has 0 aliphatic rings. The summed E-state index contributed by atoms with van der Waals surface area (Å²) < 4.78 is 41.0. The first-order valence-corrected chi connectivity index (χ1v) is 12.2. The summed E-state index contributed by atoms with van der Waals surface area (Å²) in [5.74, 6) is -1.69. The Kier molecular flexibility index (Phi) is 12.3. The van der Waals surface area contributed by atoms with Crippen molar-refractivity contribution in [1.82, 2.24) is 0 Å². The lowest BCUT2D eigenvalue weighted by molar-refractivity contribution is 0.0425. The fraction of sp³-hybridized carbons (Fsp3) is 0.636. The van der Waals surface area contributed by atoms with E-state index in [0.29, 0.717) is 0 Å². The minimum atomic E-state index is -4.53. The molecule has 0 heterocycles. The lowest BCUT2D eigenvalue weighted by Crippen LogP contribution is -2.25. The van der Waals surface area contributed by atoms with E-state index in [1.807, 2.05) is 0 Å². The van der Waals surface area contributed by atoms with Gasteiger partial charge in [-0.25, -0.2) is 9.59 Å². The van der Waals surface area contributed by atoms with Gasteiger partial charge in [-0.15, -0.1) is 0 Å². The summed E-state index contributed by atoms with van der Waals surface area (Å²) in [4.78, 5) is 24.5. The molecule has 1 aromatic rings. The van der Waals surface area contributed by atoms with Crippen molar-refractivity contribution in [3.05, 3.63) is 35.4 Å².